The third kappa shape index (κ3) is 3.63. The van der Waals surface area contributed by atoms with Gasteiger partial charge in [-0.2, -0.15) is 0 Å². The Balaban J connectivity index is 1.70. The Bertz CT molecular complexity index is 719. The van der Waals surface area contributed by atoms with E-state index in [4.69, 9.17) is 11.6 Å². The van der Waals surface area contributed by atoms with Gasteiger partial charge in [0.25, 0.3) is 0 Å². The fourth-order valence-corrected chi connectivity index (χ4v) is 3.16. The second kappa shape index (κ2) is 6.29. The summed E-state index contributed by atoms with van der Waals surface area (Å²) >= 11 is 7.52. The summed E-state index contributed by atoms with van der Waals surface area (Å²) in [4.78, 5) is 1.19. The number of nitrogens with one attached hydrogen (secondary N) is 1. The number of rotatable bonds is 4. The zero-order valence-corrected chi connectivity index (χ0v) is 12.7. The van der Waals surface area contributed by atoms with Crippen molar-refractivity contribution in [2.24, 2.45) is 0 Å². The van der Waals surface area contributed by atoms with Crippen LogP contribution in [0.2, 0.25) is 5.02 Å². The van der Waals surface area contributed by atoms with Crippen LogP contribution in [0, 0.1) is 5.82 Å². The van der Waals surface area contributed by atoms with Gasteiger partial charge in [-0.3, -0.25) is 0 Å². The van der Waals surface area contributed by atoms with Gasteiger partial charge in [-0.25, -0.2) is 4.39 Å². The topological polar surface area (TPSA) is 12.0 Å². The molecule has 0 unspecified atom stereocenters. The molecule has 0 aliphatic carbocycles. The predicted molar refractivity (Wildman–Crippen MR) is 88.5 cm³/mol. The molecule has 21 heavy (non-hydrogen) atoms. The van der Waals surface area contributed by atoms with E-state index in [2.05, 4.69) is 28.9 Å². The Morgan fingerprint density at radius 2 is 1.81 bits per heavy atom. The highest BCUT2D eigenvalue weighted by Crippen LogP contribution is 2.26. The zero-order valence-electron chi connectivity index (χ0n) is 11.1. The molecule has 0 aliphatic heterocycles. The molecule has 3 rings (SSSR count). The molecule has 0 saturated carbocycles. The largest absolute Gasteiger partial charge is 0.380 e. The molecule has 0 fully saturated rings. The summed E-state index contributed by atoms with van der Waals surface area (Å²) in [5.41, 5.74) is 3.10. The minimum Gasteiger partial charge on any atom is -0.380 e. The van der Waals surface area contributed by atoms with E-state index in [1.165, 1.54) is 28.1 Å². The van der Waals surface area contributed by atoms with Crippen molar-refractivity contribution in [3.8, 4) is 11.1 Å². The first-order chi connectivity index (χ1) is 10.2. The fourth-order valence-electron chi connectivity index (χ4n) is 2.10. The molecule has 1 heterocycles. The highest BCUT2D eigenvalue weighted by atomic mass is 35.5. The summed E-state index contributed by atoms with van der Waals surface area (Å²) in [5, 5.41) is 5.72. The van der Waals surface area contributed by atoms with E-state index in [1.54, 1.807) is 17.4 Å². The lowest BCUT2D eigenvalue weighted by molar-refractivity contribution is 0.628. The summed E-state index contributed by atoms with van der Waals surface area (Å²) in [6.07, 6.45) is 0. The number of hydrogen-bond donors (Lipinski definition) is 1. The van der Waals surface area contributed by atoms with Crippen molar-refractivity contribution in [1.82, 2.24) is 0 Å². The molecule has 0 bridgehead atoms. The van der Waals surface area contributed by atoms with Crippen LogP contribution in [-0.2, 0) is 6.54 Å². The molecule has 0 aliphatic rings. The normalized spacial score (nSPS) is 10.6. The molecule has 1 N–H and O–H groups in total. The first-order valence-corrected chi connectivity index (χ1v) is 7.79. The van der Waals surface area contributed by atoms with Crippen molar-refractivity contribution in [3.63, 3.8) is 0 Å². The van der Waals surface area contributed by atoms with Crippen molar-refractivity contribution in [3.05, 3.63) is 75.7 Å². The molecule has 4 heteroatoms. The van der Waals surface area contributed by atoms with Crippen LogP contribution in [0.15, 0.2) is 60.0 Å². The monoisotopic (exact) mass is 317 g/mol. The predicted octanol–water partition coefficient (Wildman–Crippen LogP) is 5.82. The first kappa shape index (κ1) is 14.1. The Labute approximate surface area is 132 Å². The number of hydrogen-bond acceptors (Lipinski definition) is 2. The van der Waals surface area contributed by atoms with E-state index >= 15 is 0 Å². The molecule has 106 valence electrons. The van der Waals surface area contributed by atoms with Gasteiger partial charge in [0.05, 0.1) is 0 Å². The lowest BCUT2D eigenvalue weighted by atomic mass is 10.1. The van der Waals surface area contributed by atoms with E-state index in [1.807, 2.05) is 18.2 Å². The van der Waals surface area contributed by atoms with E-state index < -0.39 is 0 Å². The number of benzene rings is 2. The molecular formula is C17H13ClFNS. The molecular weight excluding hydrogens is 305 g/mol. The molecule has 0 saturated heterocycles. The lowest BCUT2D eigenvalue weighted by Gasteiger charge is -2.05. The highest BCUT2D eigenvalue weighted by molar-refractivity contribution is 7.10. The average Bonchev–Trinajstić information content (AvgIpc) is 2.94. The Hall–Kier alpha value is -1.84. The SMILES string of the molecule is Fc1cc(Cl)cc(NCc2cc(-c3ccccc3)cs2)c1. The van der Waals surface area contributed by atoms with Crippen LogP contribution in [-0.4, -0.2) is 0 Å². The van der Waals surface area contributed by atoms with Crippen LogP contribution in [0.4, 0.5) is 10.1 Å². The standard InChI is InChI=1S/C17H13ClFNS/c18-14-7-15(19)9-16(8-14)20-10-17-6-13(11-21-17)12-4-2-1-3-5-12/h1-9,11,20H,10H2. The van der Waals surface area contributed by atoms with Gasteiger partial charge in [0.2, 0.25) is 0 Å². The van der Waals surface area contributed by atoms with Crippen molar-refractivity contribution in [2.45, 2.75) is 6.54 Å². The molecule has 2 aromatic carbocycles. The molecule has 1 nitrogen and oxygen atoms in total. The summed E-state index contributed by atoms with van der Waals surface area (Å²) < 4.78 is 13.3. The van der Waals surface area contributed by atoms with Crippen LogP contribution in [0.3, 0.4) is 0 Å². The van der Waals surface area contributed by atoms with Crippen molar-refractivity contribution in [1.29, 1.82) is 0 Å². The quantitative estimate of drug-likeness (QED) is 0.639. The van der Waals surface area contributed by atoms with Gasteiger partial charge in [-0.15, -0.1) is 11.3 Å². The van der Waals surface area contributed by atoms with Gasteiger partial charge in [0, 0.05) is 22.1 Å². The highest BCUT2D eigenvalue weighted by Gasteiger charge is 2.03. The third-order valence-electron chi connectivity index (χ3n) is 3.09. The molecule has 0 amide bonds. The van der Waals surface area contributed by atoms with Gasteiger partial charge in [0.1, 0.15) is 5.82 Å². The third-order valence-corrected chi connectivity index (χ3v) is 4.25. The lowest BCUT2D eigenvalue weighted by Crippen LogP contribution is -1.97. The van der Waals surface area contributed by atoms with Crippen LogP contribution in [0.25, 0.3) is 11.1 Å². The molecule has 0 spiro atoms. The maximum absolute atomic E-state index is 13.3. The van der Waals surface area contributed by atoms with Crippen LogP contribution < -0.4 is 5.32 Å². The molecule has 0 radical (unpaired) electrons. The van der Waals surface area contributed by atoms with Crippen molar-refractivity contribution in [2.75, 3.05) is 5.32 Å². The summed E-state index contributed by atoms with van der Waals surface area (Å²) in [6, 6.07) is 16.8. The van der Waals surface area contributed by atoms with Gasteiger partial charge in [0.15, 0.2) is 0 Å². The van der Waals surface area contributed by atoms with Crippen molar-refractivity contribution >= 4 is 28.6 Å². The van der Waals surface area contributed by atoms with Gasteiger partial charge < -0.3 is 5.32 Å². The summed E-state index contributed by atoms with van der Waals surface area (Å²) in [6.45, 7) is 0.650. The minimum atomic E-state index is -0.332. The summed E-state index contributed by atoms with van der Waals surface area (Å²) in [7, 11) is 0. The van der Waals surface area contributed by atoms with Crippen molar-refractivity contribution < 1.29 is 4.39 Å². The Morgan fingerprint density at radius 3 is 2.57 bits per heavy atom. The van der Waals surface area contributed by atoms with Crippen LogP contribution in [0.5, 0.6) is 0 Å². The first-order valence-electron chi connectivity index (χ1n) is 6.53. The zero-order chi connectivity index (χ0) is 14.7. The number of anilines is 1. The van der Waals surface area contributed by atoms with E-state index in [-0.39, 0.29) is 5.82 Å². The Kier molecular flexibility index (Phi) is 4.23. The van der Waals surface area contributed by atoms with Crippen LogP contribution >= 0.6 is 22.9 Å². The Morgan fingerprint density at radius 1 is 1.00 bits per heavy atom. The van der Waals surface area contributed by atoms with Gasteiger partial charge in [-0.1, -0.05) is 41.9 Å². The maximum Gasteiger partial charge on any atom is 0.126 e. The smallest absolute Gasteiger partial charge is 0.126 e. The maximum atomic E-state index is 13.3. The second-order valence-electron chi connectivity index (χ2n) is 4.68. The van der Waals surface area contributed by atoms with E-state index in [0.29, 0.717) is 17.3 Å². The second-order valence-corrected chi connectivity index (χ2v) is 6.11. The van der Waals surface area contributed by atoms with Crippen LogP contribution in [0.1, 0.15) is 4.88 Å². The molecule has 0 atom stereocenters. The number of halogens is 2. The van der Waals surface area contributed by atoms with Gasteiger partial charge >= 0.3 is 0 Å². The fraction of sp³-hybridized carbons (Fsp3) is 0.0588. The minimum absolute atomic E-state index is 0.332. The van der Waals surface area contributed by atoms with E-state index in [9.17, 15) is 4.39 Å². The molecule has 3 aromatic rings. The van der Waals surface area contributed by atoms with E-state index in [0.717, 1.165) is 0 Å². The van der Waals surface area contributed by atoms with Gasteiger partial charge in [-0.05, 0) is 40.8 Å². The number of thiophene rings is 1. The summed E-state index contributed by atoms with van der Waals surface area (Å²) in [5.74, 6) is -0.332. The molecule has 1 aromatic heterocycles. The average molecular weight is 318 g/mol.